The van der Waals surface area contributed by atoms with E-state index in [0.717, 1.165) is 24.5 Å². The fourth-order valence-corrected chi connectivity index (χ4v) is 4.24. The second-order valence-electron chi connectivity index (χ2n) is 7.73. The van der Waals surface area contributed by atoms with E-state index in [1.165, 1.54) is 25.9 Å². The highest BCUT2D eigenvalue weighted by Crippen LogP contribution is 2.40. The lowest BCUT2D eigenvalue weighted by molar-refractivity contribution is 0.0951. The van der Waals surface area contributed by atoms with Gasteiger partial charge in [0.2, 0.25) is 0 Å². The highest BCUT2D eigenvalue weighted by Gasteiger charge is 2.42. The number of aromatic nitrogens is 1. The van der Waals surface area contributed by atoms with Crippen molar-refractivity contribution < 1.29 is 4.79 Å². The van der Waals surface area contributed by atoms with Gasteiger partial charge in [0.25, 0.3) is 5.91 Å². The van der Waals surface area contributed by atoms with Crippen LogP contribution < -0.4 is 10.2 Å². The van der Waals surface area contributed by atoms with Gasteiger partial charge in [-0.15, -0.1) is 0 Å². The van der Waals surface area contributed by atoms with Crippen molar-refractivity contribution in [3.63, 3.8) is 0 Å². The molecule has 1 aromatic carbocycles. The van der Waals surface area contributed by atoms with Crippen LogP contribution in [0.3, 0.4) is 0 Å². The van der Waals surface area contributed by atoms with E-state index >= 15 is 0 Å². The van der Waals surface area contributed by atoms with Crippen LogP contribution in [0.1, 0.15) is 28.8 Å². The first-order valence-corrected chi connectivity index (χ1v) is 9.35. The number of pyridine rings is 1. The summed E-state index contributed by atoms with van der Waals surface area (Å²) in [5.41, 5.74) is 2.18. The molecule has 0 bridgehead atoms. The number of anilines is 1. The van der Waals surface area contributed by atoms with E-state index in [1.807, 2.05) is 36.4 Å². The number of hydrogen-bond donors (Lipinski definition) is 1. The van der Waals surface area contributed by atoms with Gasteiger partial charge in [-0.2, -0.15) is 0 Å². The van der Waals surface area contributed by atoms with E-state index in [2.05, 4.69) is 27.1 Å². The van der Waals surface area contributed by atoms with Crippen LogP contribution in [0.2, 0.25) is 0 Å². The summed E-state index contributed by atoms with van der Waals surface area (Å²) in [6, 6.07) is 13.7. The van der Waals surface area contributed by atoms with Crippen molar-refractivity contribution in [1.29, 1.82) is 0 Å². The standard InChI is InChI=1S/C21H26N4O/c1-24-11-8-21(15-24)9-12-25(16-21)19-13-18(7-10-22-19)20(26)23-14-17-5-3-2-4-6-17/h2-7,10,13H,8-9,11-12,14-16H2,1H3,(H,23,26). The Balaban J connectivity index is 1.41. The minimum Gasteiger partial charge on any atom is -0.356 e. The molecule has 2 aliphatic heterocycles. The Morgan fingerprint density at radius 3 is 2.73 bits per heavy atom. The zero-order chi connectivity index (χ0) is 18.0. The summed E-state index contributed by atoms with van der Waals surface area (Å²) in [6.07, 6.45) is 4.22. The van der Waals surface area contributed by atoms with Gasteiger partial charge in [0.05, 0.1) is 0 Å². The predicted octanol–water partition coefficient (Wildman–Crippen LogP) is 2.54. The molecule has 1 N–H and O–H groups in total. The molecule has 5 heteroatoms. The van der Waals surface area contributed by atoms with Crippen molar-refractivity contribution in [2.75, 3.05) is 38.1 Å². The third-order valence-corrected chi connectivity index (χ3v) is 5.70. The van der Waals surface area contributed by atoms with E-state index < -0.39 is 0 Å². The maximum atomic E-state index is 12.5. The first kappa shape index (κ1) is 17.0. The summed E-state index contributed by atoms with van der Waals surface area (Å²) >= 11 is 0. The molecule has 26 heavy (non-hydrogen) atoms. The van der Waals surface area contributed by atoms with Gasteiger partial charge < -0.3 is 15.1 Å². The van der Waals surface area contributed by atoms with Crippen LogP contribution in [-0.4, -0.2) is 49.0 Å². The zero-order valence-corrected chi connectivity index (χ0v) is 15.3. The zero-order valence-electron chi connectivity index (χ0n) is 15.3. The van der Waals surface area contributed by atoms with E-state index in [4.69, 9.17) is 0 Å². The van der Waals surface area contributed by atoms with Gasteiger partial charge in [-0.3, -0.25) is 4.79 Å². The highest BCUT2D eigenvalue weighted by molar-refractivity contribution is 5.94. The molecule has 2 saturated heterocycles. The minimum atomic E-state index is -0.0491. The van der Waals surface area contributed by atoms with E-state index in [0.29, 0.717) is 17.5 Å². The topological polar surface area (TPSA) is 48.5 Å². The SMILES string of the molecule is CN1CCC2(CCN(c3cc(C(=O)NCc4ccccc4)ccn3)C2)C1. The number of benzene rings is 1. The summed E-state index contributed by atoms with van der Waals surface area (Å²) < 4.78 is 0. The Morgan fingerprint density at radius 1 is 1.15 bits per heavy atom. The maximum Gasteiger partial charge on any atom is 0.251 e. The molecule has 2 aliphatic rings. The molecule has 1 aromatic heterocycles. The van der Waals surface area contributed by atoms with Gasteiger partial charge >= 0.3 is 0 Å². The number of likely N-dealkylation sites (tertiary alicyclic amines) is 1. The molecule has 1 unspecified atom stereocenters. The lowest BCUT2D eigenvalue weighted by Gasteiger charge is -2.24. The fourth-order valence-electron chi connectivity index (χ4n) is 4.24. The molecular weight excluding hydrogens is 324 g/mol. The van der Waals surface area contributed by atoms with Crippen LogP contribution in [0.5, 0.6) is 0 Å². The van der Waals surface area contributed by atoms with Crippen LogP contribution in [0.25, 0.3) is 0 Å². The smallest absolute Gasteiger partial charge is 0.251 e. The first-order valence-electron chi connectivity index (χ1n) is 9.35. The Bertz CT molecular complexity index is 779. The van der Waals surface area contributed by atoms with Crippen molar-refractivity contribution in [2.45, 2.75) is 19.4 Å². The van der Waals surface area contributed by atoms with Gasteiger partial charge in [0.1, 0.15) is 5.82 Å². The Morgan fingerprint density at radius 2 is 1.96 bits per heavy atom. The number of hydrogen-bond acceptors (Lipinski definition) is 4. The quantitative estimate of drug-likeness (QED) is 0.921. The summed E-state index contributed by atoms with van der Waals surface area (Å²) in [5.74, 6) is 0.871. The van der Waals surface area contributed by atoms with Gasteiger partial charge in [-0.1, -0.05) is 30.3 Å². The number of rotatable bonds is 4. The number of carbonyl (C=O) groups is 1. The Hall–Kier alpha value is -2.40. The van der Waals surface area contributed by atoms with Crippen LogP contribution in [-0.2, 0) is 6.54 Å². The largest absolute Gasteiger partial charge is 0.356 e. The number of amides is 1. The second-order valence-corrected chi connectivity index (χ2v) is 7.73. The highest BCUT2D eigenvalue weighted by atomic mass is 16.1. The number of nitrogens with zero attached hydrogens (tertiary/aromatic N) is 3. The summed E-state index contributed by atoms with van der Waals surface area (Å²) in [7, 11) is 2.20. The number of carbonyl (C=O) groups excluding carboxylic acids is 1. The lowest BCUT2D eigenvalue weighted by Crippen LogP contribution is -2.30. The summed E-state index contributed by atoms with van der Waals surface area (Å²) in [5, 5.41) is 3.00. The molecule has 1 spiro atoms. The van der Waals surface area contributed by atoms with E-state index in [-0.39, 0.29) is 5.91 Å². The Kier molecular flexibility index (Phi) is 4.64. The third-order valence-electron chi connectivity index (χ3n) is 5.70. The van der Waals surface area contributed by atoms with Crippen molar-refractivity contribution >= 4 is 11.7 Å². The van der Waals surface area contributed by atoms with Gasteiger partial charge in [-0.25, -0.2) is 4.98 Å². The minimum absolute atomic E-state index is 0.0491. The van der Waals surface area contributed by atoms with E-state index in [1.54, 1.807) is 12.3 Å². The second kappa shape index (κ2) is 7.08. The fraction of sp³-hybridized carbons (Fsp3) is 0.429. The molecular formula is C21H26N4O. The first-order chi connectivity index (χ1) is 12.6. The van der Waals surface area contributed by atoms with Gasteiger partial charge in [-0.05, 0) is 44.1 Å². The molecule has 0 radical (unpaired) electrons. The normalized spacial score (nSPS) is 22.9. The average Bonchev–Trinajstić information content (AvgIpc) is 3.26. The van der Waals surface area contributed by atoms with Crippen molar-refractivity contribution in [1.82, 2.24) is 15.2 Å². The molecule has 2 fully saturated rings. The molecule has 1 atom stereocenters. The molecule has 3 heterocycles. The van der Waals surface area contributed by atoms with Crippen molar-refractivity contribution in [3.8, 4) is 0 Å². The van der Waals surface area contributed by atoms with Crippen LogP contribution in [0.4, 0.5) is 5.82 Å². The lowest BCUT2D eigenvalue weighted by atomic mass is 9.86. The molecule has 1 amide bonds. The van der Waals surface area contributed by atoms with Crippen LogP contribution in [0, 0.1) is 5.41 Å². The molecule has 4 rings (SSSR count). The monoisotopic (exact) mass is 350 g/mol. The van der Waals surface area contributed by atoms with Crippen molar-refractivity contribution in [3.05, 3.63) is 59.8 Å². The van der Waals surface area contributed by atoms with Crippen LogP contribution in [0.15, 0.2) is 48.7 Å². The van der Waals surface area contributed by atoms with Crippen molar-refractivity contribution in [2.24, 2.45) is 5.41 Å². The van der Waals surface area contributed by atoms with Crippen LogP contribution >= 0.6 is 0 Å². The average molecular weight is 350 g/mol. The summed E-state index contributed by atoms with van der Waals surface area (Å²) in [4.78, 5) is 21.8. The molecule has 5 nitrogen and oxygen atoms in total. The molecule has 0 aliphatic carbocycles. The number of nitrogens with one attached hydrogen (secondary N) is 1. The van der Waals surface area contributed by atoms with Gasteiger partial charge in [0, 0.05) is 43.4 Å². The summed E-state index contributed by atoms with van der Waals surface area (Å²) in [6.45, 7) is 4.95. The third kappa shape index (κ3) is 3.58. The molecule has 2 aromatic rings. The Labute approximate surface area is 155 Å². The van der Waals surface area contributed by atoms with Gasteiger partial charge in [0.15, 0.2) is 0 Å². The molecule has 136 valence electrons. The molecule has 0 saturated carbocycles. The maximum absolute atomic E-state index is 12.5. The van der Waals surface area contributed by atoms with E-state index in [9.17, 15) is 4.79 Å². The predicted molar refractivity (Wildman–Crippen MR) is 103 cm³/mol.